The number of carbonyl (C=O) groups is 2. The summed E-state index contributed by atoms with van der Waals surface area (Å²) >= 11 is 0. The number of likely N-dealkylation sites (N-methyl/N-ethyl adjacent to an activating group) is 1. The third kappa shape index (κ3) is 4.82. The predicted molar refractivity (Wildman–Crippen MR) is 98.3 cm³/mol. The zero-order valence-corrected chi connectivity index (χ0v) is 15.1. The summed E-state index contributed by atoms with van der Waals surface area (Å²) < 4.78 is 0. The van der Waals surface area contributed by atoms with Crippen LogP contribution in [0.25, 0.3) is 0 Å². The molecule has 1 saturated carbocycles. The Morgan fingerprint density at radius 3 is 2.64 bits per heavy atom. The number of benzene rings is 1. The molecule has 0 spiro atoms. The van der Waals surface area contributed by atoms with Gasteiger partial charge in [0.15, 0.2) is 0 Å². The monoisotopic (exact) mass is 343 g/mol. The Bertz CT molecular complexity index is 611. The zero-order chi connectivity index (χ0) is 17.6. The second-order valence-electron chi connectivity index (χ2n) is 7.38. The van der Waals surface area contributed by atoms with Crippen molar-refractivity contribution in [3.8, 4) is 0 Å². The van der Waals surface area contributed by atoms with Crippen LogP contribution in [0.4, 0.5) is 4.79 Å². The lowest BCUT2D eigenvalue weighted by atomic mass is 9.87. The van der Waals surface area contributed by atoms with Crippen LogP contribution in [0.5, 0.6) is 0 Å². The minimum atomic E-state index is -0.352. The first-order valence-corrected chi connectivity index (χ1v) is 9.52. The highest BCUT2D eigenvalue weighted by atomic mass is 16.2. The molecule has 0 heterocycles. The topological polar surface area (TPSA) is 61.4 Å². The number of amides is 3. The molecule has 1 fully saturated rings. The first kappa shape index (κ1) is 17.9. The van der Waals surface area contributed by atoms with Gasteiger partial charge in [-0.15, -0.1) is 0 Å². The third-order valence-corrected chi connectivity index (χ3v) is 5.46. The number of nitrogens with zero attached hydrogens (tertiary/aromatic N) is 1. The van der Waals surface area contributed by atoms with Gasteiger partial charge in [-0.3, -0.25) is 15.0 Å². The van der Waals surface area contributed by atoms with Crippen LogP contribution in [0.15, 0.2) is 24.3 Å². The van der Waals surface area contributed by atoms with Crippen LogP contribution in [0.2, 0.25) is 0 Å². The van der Waals surface area contributed by atoms with Crippen molar-refractivity contribution in [2.75, 3.05) is 13.6 Å². The summed E-state index contributed by atoms with van der Waals surface area (Å²) in [5, 5.41) is 5.42. The molecule has 0 unspecified atom stereocenters. The molecule has 0 aromatic heterocycles. The maximum Gasteiger partial charge on any atom is 0.321 e. The van der Waals surface area contributed by atoms with E-state index in [4.69, 9.17) is 0 Å². The summed E-state index contributed by atoms with van der Waals surface area (Å²) in [6.45, 7) is 0.233. The lowest BCUT2D eigenvalue weighted by molar-refractivity contribution is -0.121. The molecule has 2 aliphatic carbocycles. The Hall–Kier alpha value is -1.88. The molecule has 5 nitrogen and oxygen atoms in total. The molecule has 136 valence electrons. The standard InChI is InChI=1S/C20H29N3O2/c1-23(18-13-7-9-15-8-5-6-12-17(15)18)14-19(24)22-20(25)21-16-10-3-2-4-11-16/h5-6,8,12,16,18H,2-4,7,9-11,13-14H2,1H3,(H2,21,22,24,25)/t18-/m0/s1. The summed E-state index contributed by atoms with van der Waals surface area (Å²) in [4.78, 5) is 26.3. The SMILES string of the molecule is CN(CC(=O)NC(=O)NC1CCCCC1)[C@H]1CCCc2ccccc21. The van der Waals surface area contributed by atoms with Gasteiger partial charge in [-0.05, 0) is 50.3 Å². The van der Waals surface area contributed by atoms with Crippen LogP contribution in [0.1, 0.15) is 62.1 Å². The average molecular weight is 343 g/mol. The van der Waals surface area contributed by atoms with Gasteiger partial charge in [0.1, 0.15) is 0 Å². The quantitative estimate of drug-likeness (QED) is 0.883. The molecule has 0 radical (unpaired) electrons. The van der Waals surface area contributed by atoms with Gasteiger partial charge in [0.2, 0.25) is 5.91 Å². The number of hydrogen-bond acceptors (Lipinski definition) is 3. The fourth-order valence-corrected chi connectivity index (χ4v) is 4.16. The Balaban J connectivity index is 1.50. The van der Waals surface area contributed by atoms with Crippen LogP contribution in [0.3, 0.4) is 0 Å². The van der Waals surface area contributed by atoms with Crippen molar-refractivity contribution >= 4 is 11.9 Å². The number of imide groups is 1. The highest BCUT2D eigenvalue weighted by Gasteiger charge is 2.25. The van der Waals surface area contributed by atoms with Crippen LogP contribution in [-0.2, 0) is 11.2 Å². The van der Waals surface area contributed by atoms with Gasteiger partial charge in [-0.2, -0.15) is 0 Å². The minimum absolute atomic E-state index is 0.213. The smallest absolute Gasteiger partial charge is 0.321 e. The Morgan fingerprint density at radius 1 is 1.08 bits per heavy atom. The van der Waals surface area contributed by atoms with Gasteiger partial charge in [-0.25, -0.2) is 4.79 Å². The first-order valence-electron chi connectivity index (χ1n) is 9.52. The molecular formula is C20H29N3O2. The number of rotatable bonds is 4. The lowest BCUT2D eigenvalue weighted by Gasteiger charge is -2.32. The molecule has 3 rings (SSSR count). The van der Waals surface area contributed by atoms with E-state index in [9.17, 15) is 9.59 Å². The number of aryl methyl sites for hydroxylation is 1. The molecule has 0 bridgehead atoms. The number of carbonyl (C=O) groups excluding carboxylic acids is 2. The maximum absolute atomic E-state index is 12.2. The molecule has 2 N–H and O–H groups in total. The van der Waals surface area contributed by atoms with Gasteiger partial charge in [0, 0.05) is 12.1 Å². The summed E-state index contributed by atoms with van der Waals surface area (Å²) in [5.74, 6) is -0.237. The molecule has 0 aliphatic heterocycles. The second-order valence-corrected chi connectivity index (χ2v) is 7.38. The average Bonchev–Trinajstić information content (AvgIpc) is 2.61. The molecule has 5 heteroatoms. The van der Waals surface area contributed by atoms with Gasteiger partial charge < -0.3 is 5.32 Å². The number of fused-ring (bicyclic) bond motifs is 1. The van der Waals surface area contributed by atoms with Crippen LogP contribution in [-0.4, -0.2) is 36.5 Å². The van der Waals surface area contributed by atoms with Crippen molar-refractivity contribution in [1.82, 2.24) is 15.5 Å². The maximum atomic E-state index is 12.2. The Kier molecular flexibility index (Phi) is 6.08. The van der Waals surface area contributed by atoms with Gasteiger partial charge >= 0.3 is 6.03 Å². The van der Waals surface area contributed by atoms with E-state index in [-0.39, 0.29) is 30.6 Å². The van der Waals surface area contributed by atoms with Crippen LogP contribution in [0, 0.1) is 0 Å². The summed E-state index contributed by atoms with van der Waals surface area (Å²) in [7, 11) is 1.96. The van der Waals surface area contributed by atoms with E-state index in [0.29, 0.717) is 0 Å². The van der Waals surface area contributed by atoms with E-state index in [1.54, 1.807) is 0 Å². The molecule has 1 atom stereocenters. The van der Waals surface area contributed by atoms with Gasteiger partial charge in [0.25, 0.3) is 0 Å². The van der Waals surface area contributed by atoms with Crippen LogP contribution < -0.4 is 10.6 Å². The van der Waals surface area contributed by atoms with Crippen molar-refractivity contribution in [2.45, 2.75) is 63.5 Å². The third-order valence-electron chi connectivity index (χ3n) is 5.46. The highest BCUT2D eigenvalue weighted by Crippen LogP contribution is 2.33. The molecule has 25 heavy (non-hydrogen) atoms. The van der Waals surface area contributed by atoms with E-state index in [1.165, 1.54) is 17.5 Å². The van der Waals surface area contributed by atoms with E-state index in [1.807, 2.05) is 7.05 Å². The fourth-order valence-electron chi connectivity index (χ4n) is 4.16. The summed E-state index contributed by atoms with van der Waals surface area (Å²) in [5.41, 5.74) is 2.69. The first-order chi connectivity index (χ1) is 12.1. The molecule has 2 aliphatic rings. The van der Waals surface area contributed by atoms with Crippen LogP contribution >= 0.6 is 0 Å². The van der Waals surface area contributed by atoms with E-state index < -0.39 is 0 Å². The van der Waals surface area contributed by atoms with Crippen molar-refractivity contribution < 1.29 is 9.59 Å². The molecule has 1 aromatic rings. The normalized spacial score (nSPS) is 20.8. The molecule has 1 aromatic carbocycles. The number of urea groups is 1. The Labute approximate surface area is 150 Å². The molecular weight excluding hydrogens is 314 g/mol. The fraction of sp³-hybridized carbons (Fsp3) is 0.600. The van der Waals surface area contributed by atoms with Crippen molar-refractivity contribution in [3.05, 3.63) is 35.4 Å². The van der Waals surface area contributed by atoms with E-state index in [0.717, 1.165) is 44.9 Å². The molecule has 0 saturated heterocycles. The van der Waals surface area contributed by atoms with E-state index >= 15 is 0 Å². The predicted octanol–water partition coefficient (Wildman–Crippen LogP) is 3.15. The number of nitrogens with one attached hydrogen (secondary N) is 2. The van der Waals surface area contributed by atoms with Gasteiger partial charge in [0.05, 0.1) is 6.54 Å². The number of hydrogen-bond donors (Lipinski definition) is 2. The van der Waals surface area contributed by atoms with Crippen molar-refractivity contribution in [3.63, 3.8) is 0 Å². The zero-order valence-electron chi connectivity index (χ0n) is 15.1. The van der Waals surface area contributed by atoms with E-state index in [2.05, 4.69) is 39.8 Å². The largest absolute Gasteiger partial charge is 0.335 e. The molecule has 3 amide bonds. The second kappa shape index (κ2) is 8.48. The van der Waals surface area contributed by atoms with Crippen molar-refractivity contribution in [1.29, 1.82) is 0 Å². The minimum Gasteiger partial charge on any atom is -0.335 e. The lowest BCUT2D eigenvalue weighted by Crippen LogP contribution is -2.48. The Morgan fingerprint density at radius 2 is 1.84 bits per heavy atom. The van der Waals surface area contributed by atoms with Gasteiger partial charge in [-0.1, -0.05) is 43.5 Å². The summed E-state index contributed by atoms with van der Waals surface area (Å²) in [6.07, 6.45) is 8.87. The highest BCUT2D eigenvalue weighted by molar-refractivity contribution is 5.95. The summed E-state index contributed by atoms with van der Waals surface area (Å²) in [6, 6.07) is 8.57. The van der Waals surface area contributed by atoms with Crippen molar-refractivity contribution in [2.24, 2.45) is 0 Å².